The van der Waals surface area contributed by atoms with Gasteiger partial charge in [0.05, 0.1) is 0 Å². The van der Waals surface area contributed by atoms with Crippen molar-refractivity contribution in [2.45, 2.75) is 24.4 Å². The van der Waals surface area contributed by atoms with Gasteiger partial charge in [-0.15, -0.1) is 6.58 Å². The first-order valence-electron chi connectivity index (χ1n) is 8.57. The maximum atomic E-state index is 12.6. The Kier molecular flexibility index (Phi) is 4.91. The van der Waals surface area contributed by atoms with Gasteiger partial charge in [0, 0.05) is 44.1 Å². The van der Waals surface area contributed by atoms with Crippen molar-refractivity contribution in [2.75, 3.05) is 32.7 Å². The van der Waals surface area contributed by atoms with Gasteiger partial charge in [-0.2, -0.15) is 13.2 Å². The fourth-order valence-electron chi connectivity index (χ4n) is 4.36. The number of hydrogen-bond acceptors (Lipinski definition) is 2. The summed E-state index contributed by atoms with van der Waals surface area (Å²) in [6.07, 6.45) is -3.27. The number of alkyl halides is 3. The van der Waals surface area contributed by atoms with Gasteiger partial charge in [-0.25, -0.2) is 0 Å². The predicted octanol–water partition coefficient (Wildman–Crippen LogP) is 3.23. The molecule has 2 heterocycles. The van der Waals surface area contributed by atoms with Crippen molar-refractivity contribution in [3.8, 4) is 0 Å². The molecule has 0 spiro atoms. The lowest BCUT2D eigenvalue weighted by Crippen LogP contribution is -2.51. The third-order valence-corrected chi connectivity index (χ3v) is 5.47. The molecule has 2 aliphatic heterocycles. The van der Waals surface area contributed by atoms with E-state index in [0.717, 1.165) is 19.6 Å². The van der Waals surface area contributed by atoms with E-state index < -0.39 is 18.5 Å². The minimum Gasteiger partial charge on any atom is -0.342 e. The molecule has 0 aromatic heterocycles. The molecule has 0 bridgehead atoms. The summed E-state index contributed by atoms with van der Waals surface area (Å²) in [5, 5.41) is 0. The van der Waals surface area contributed by atoms with Crippen LogP contribution in [0.1, 0.15) is 18.4 Å². The Hall–Kier alpha value is -1.82. The molecule has 0 saturated carbocycles. The summed E-state index contributed by atoms with van der Waals surface area (Å²) in [7, 11) is 0. The second-order valence-corrected chi connectivity index (χ2v) is 7.08. The standard InChI is InChI=1S/C19H23F3N2O/c1-2-9-23-12-16-13-24(17(25)11-19(20,21)22)10-8-18(16,14-23)15-6-4-3-5-7-15/h2-7,16H,1,8-14H2/t16-,18+/m1/s1. The highest BCUT2D eigenvalue weighted by Crippen LogP contribution is 2.45. The topological polar surface area (TPSA) is 23.6 Å². The van der Waals surface area contributed by atoms with Gasteiger partial charge in [0.2, 0.25) is 5.91 Å². The van der Waals surface area contributed by atoms with Crippen LogP contribution in [-0.4, -0.2) is 54.6 Å². The zero-order chi connectivity index (χ0) is 18.1. The maximum absolute atomic E-state index is 12.6. The van der Waals surface area contributed by atoms with Gasteiger partial charge >= 0.3 is 6.18 Å². The molecule has 25 heavy (non-hydrogen) atoms. The van der Waals surface area contributed by atoms with Crippen LogP contribution in [0.4, 0.5) is 13.2 Å². The molecule has 1 amide bonds. The number of carbonyl (C=O) groups excluding carboxylic acids is 1. The SMILES string of the molecule is C=CCN1C[C@@H]2CN(C(=O)CC(F)(F)F)CC[C@@]2(c2ccccc2)C1. The number of carbonyl (C=O) groups is 1. The number of benzene rings is 1. The molecule has 0 unspecified atom stereocenters. The first-order valence-corrected chi connectivity index (χ1v) is 8.57. The minimum atomic E-state index is -4.45. The highest BCUT2D eigenvalue weighted by atomic mass is 19.4. The van der Waals surface area contributed by atoms with E-state index in [1.54, 1.807) is 0 Å². The van der Waals surface area contributed by atoms with Gasteiger partial charge < -0.3 is 4.90 Å². The molecule has 2 atom stereocenters. The van der Waals surface area contributed by atoms with E-state index in [1.165, 1.54) is 10.5 Å². The zero-order valence-corrected chi connectivity index (χ0v) is 14.1. The summed E-state index contributed by atoms with van der Waals surface area (Å²) in [4.78, 5) is 15.7. The molecule has 6 heteroatoms. The van der Waals surface area contributed by atoms with Gasteiger partial charge in [-0.1, -0.05) is 36.4 Å². The van der Waals surface area contributed by atoms with Crippen molar-refractivity contribution >= 4 is 5.91 Å². The molecule has 1 aromatic rings. The average Bonchev–Trinajstić information content (AvgIpc) is 2.92. The fourth-order valence-corrected chi connectivity index (χ4v) is 4.36. The number of rotatable bonds is 4. The van der Waals surface area contributed by atoms with Crippen LogP contribution < -0.4 is 0 Å². The molecule has 1 aromatic carbocycles. The predicted molar refractivity (Wildman–Crippen MR) is 90.1 cm³/mol. The number of halogens is 3. The van der Waals surface area contributed by atoms with Gasteiger partial charge in [0.1, 0.15) is 6.42 Å². The lowest BCUT2D eigenvalue weighted by molar-refractivity contribution is -0.163. The molecule has 2 saturated heterocycles. The van der Waals surface area contributed by atoms with Crippen molar-refractivity contribution in [3.63, 3.8) is 0 Å². The van der Waals surface area contributed by atoms with Crippen LogP contribution in [0.5, 0.6) is 0 Å². The van der Waals surface area contributed by atoms with Crippen molar-refractivity contribution < 1.29 is 18.0 Å². The summed E-state index contributed by atoms with van der Waals surface area (Å²) in [6, 6.07) is 10.2. The van der Waals surface area contributed by atoms with Crippen molar-refractivity contribution in [1.82, 2.24) is 9.80 Å². The molecule has 2 fully saturated rings. The molecular formula is C19H23F3N2O. The molecular weight excluding hydrogens is 329 g/mol. The van der Waals surface area contributed by atoms with Crippen LogP contribution in [0.25, 0.3) is 0 Å². The summed E-state index contributed by atoms with van der Waals surface area (Å²) < 4.78 is 37.7. The van der Waals surface area contributed by atoms with E-state index in [4.69, 9.17) is 0 Å². The lowest BCUT2D eigenvalue weighted by Gasteiger charge is -2.44. The van der Waals surface area contributed by atoms with E-state index >= 15 is 0 Å². The van der Waals surface area contributed by atoms with Crippen LogP contribution in [0.2, 0.25) is 0 Å². The van der Waals surface area contributed by atoms with Gasteiger partial charge in [0.15, 0.2) is 0 Å². The monoisotopic (exact) mass is 352 g/mol. The third-order valence-electron chi connectivity index (χ3n) is 5.47. The fraction of sp³-hybridized carbons (Fsp3) is 0.526. The summed E-state index contributed by atoms with van der Waals surface area (Å²) in [6.45, 7) is 6.94. The highest BCUT2D eigenvalue weighted by Gasteiger charge is 2.51. The summed E-state index contributed by atoms with van der Waals surface area (Å²) in [5.74, 6) is -0.669. The second kappa shape index (κ2) is 6.83. The quantitative estimate of drug-likeness (QED) is 0.777. The number of likely N-dealkylation sites (tertiary alicyclic amines) is 2. The van der Waals surface area contributed by atoms with Crippen LogP contribution in [0, 0.1) is 5.92 Å². The molecule has 2 aliphatic rings. The Morgan fingerprint density at radius 2 is 2.00 bits per heavy atom. The highest BCUT2D eigenvalue weighted by molar-refractivity contribution is 5.77. The Balaban J connectivity index is 1.81. The van der Waals surface area contributed by atoms with Crippen LogP contribution >= 0.6 is 0 Å². The average molecular weight is 352 g/mol. The number of nitrogens with zero attached hydrogens (tertiary/aromatic N) is 2. The summed E-state index contributed by atoms with van der Waals surface area (Å²) in [5.41, 5.74) is 1.12. The van der Waals surface area contributed by atoms with E-state index in [0.29, 0.717) is 19.5 Å². The van der Waals surface area contributed by atoms with E-state index in [9.17, 15) is 18.0 Å². The lowest BCUT2D eigenvalue weighted by atomic mass is 9.68. The van der Waals surface area contributed by atoms with Gasteiger partial charge in [0.25, 0.3) is 0 Å². The van der Waals surface area contributed by atoms with Crippen LogP contribution in [-0.2, 0) is 10.2 Å². The van der Waals surface area contributed by atoms with E-state index in [-0.39, 0.29) is 11.3 Å². The Bertz CT molecular complexity index is 631. The first-order chi connectivity index (χ1) is 11.8. The Morgan fingerprint density at radius 3 is 2.64 bits per heavy atom. The molecule has 3 nitrogen and oxygen atoms in total. The minimum absolute atomic E-state index is 0.0979. The van der Waals surface area contributed by atoms with Crippen molar-refractivity contribution in [3.05, 3.63) is 48.6 Å². The number of amides is 1. The largest absolute Gasteiger partial charge is 0.397 e. The summed E-state index contributed by atoms with van der Waals surface area (Å²) >= 11 is 0. The van der Waals surface area contributed by atoms with Crippen molar-refractivity contribution in [1.29, 1.82) is 0 Å². The van der Waals surface area contributed by atoms with Crippen LogP contribution in [0.3, 0.4) is 0 Å². The Labute approximate surface area is 146 Å². The van der Waals surface area contributed by atoms with Crippen molar-refractivity contribution in [2.24, 2.45) is 5.92 Å². The van der Waals surface area contributed by atoms with Crippen LogP contribution in [0.15, 0.2) is 43.0 Å². The van der Waals surface area contributed by atoms with Gasteiger partial charge in [-0.05, 0) is 12.0 Å². The molecule has 136 valence electrons. The normalized spacial score (nSPS) is 27.2. The second-order valence-electron chi connectivity index (χ2n) is 7.08. The molecule has 0 aliphatic carbocycles. The molecule has 0 radical (unpaired) electrons. The number of piperidine rings is 1. The first kappa shape index (κ1) is 18.0. The van der Waals surface area contributed by atoms with Gasteiger partial charge in [-0.3, -0.25) is 9.69 Å². The van der Waals surface area contributed by atoms with E-state index in [1.807, 2.05) is 24.3 Å². The number of fused-ring (bicyclic) bond motifs is 1. The zero-order valence-electron chi connectivity index (χ0n) is 14.1. The molecule has 3 rings (SSSR count). The Morgan fingerprint density at radius 1 is 1.28 bits per heavy atom. The third kappa shape index (κ3) is 3.73. The maximum Gasteiger partial charge on any atom is 0.397 e. The smallest absolute Gasteiger partial charge is 0.342 e. The van der Waals surface area contributed by atoms with E-state index in [2.05, 4.69) is 23.6 Å². The molecule has 0 N–H and O–H groups in total. The number of hydrogen-bond donors (Lipinski definition) is 0.